The highest BCUT2D eigenvalue weighted by atomic mass is 19.1. The number of nitrogens with one attached hydrogen (secondary N) is 1. The summed E-state index contributed by atoms with van der Waals surface area (Å²) in [5.41, 5.74) is 1.32. The zero-order valence-electron chi connectivity index (χ0n) is 12.3. The van der Waals surface area contributed by atoms with Crippen molar-refractivity contribution in [3.05, 3.63) is 65.7 Å². The molecule has 1 unspecified atom stereocenters. The molecule has 3 heteroatoms. The van der Waals surface area contributed by atoms with E-state index in [1.165, 1.54) is 6.07 Å². The molecule has 0 heterocycles. The van der Waals surface area contributed by atoms with Gasteiger partial charge in [0.2, 0.25) is 0 Å². The molecule has 21 heavy (non-hydrogen) atoms. The van der Waals surface area contributed by atoms with Crippen LogP contribution in [0.4, 0.5) is 14.5 Å². The molecular weight excluding hydrogens is 268 g/mol. The second-order valence-corrected chi connectivity index (χ2v) is 5.23. The summed E-state index contributed by atoms with van der Waals surface area (Å²) in [6, 6.07) is 13.4. The van der Waals surface area contributed by atoms with Crippen LogP contribution < -0.4 is 5.32 Å². The summed E-state index contributed by atoms with van der Waals surface area (Å²) in [6.07, 6.45) is 4.22. The summed E-state index contributed by atoms with van der Waals surface area (Å²) < 4.78 is 27.1. The quantitative estimate of drug-likeness (QED) is 0.645. The first-order valence-corrected chi connectivity index (χ1v) is 7.47. The van der Waals surface area contributed by atoms with Gasteiger partial charge in [0.05, 0.1) is 11.7 Å². The van der Waals surface area contributed by atoms with Crippen LogP contribution in [0.15, 0.2) is 48.5 Å². The molecule has 0 bridgehead atoms. The Morgan fingerprint density at radius 1 is 1.00 bits per heavy atom. The minimum atomic E-state index is -0.431. The molecule has 0 saturated heterocycles. The first-order valence-electron chi connectivity index (χ1n) is 7.47. The second kappa shape index (κ2) is 7.77. The molecule has 0 fully saturated rings. The lowest BCUT2D eigenvalue weighted by Gasteiger charge is -2.21. The van der Waals surface area contributed by atoms with Gasteiger partial charge < -0.3 is 5.32 Å². The summed E-state index contributed by atoms with van der Waals surface area (Å²) in [7, 11) is 0. The highest BCUT2D eigenvalue weighted by molar-refractivity contribution is 5.47. The van der Waals surface area contributed by atoms with E-state index in [2.05, 4.69) is 12.2 Å². The lowest BCUT2D eigenvalue weighted by Crippen LogP contribution is -2.12. The highest BCUT2D eigenvalue weighted by Crippen LogP contribution is 2.26. The van der Waals surface area contributed by atoms with Gasteiger partial charge >= 0.3 is 0 Å². The third-order valence-electron chi connectivity index (χ3n) is 3.56. The minimum Gasteiger partial charge on any atom is -0.376 e. The molecule has 2 aromatic rings. The molecule has 112 valence electrons. The minimum absolute atomic E-state index is 0.00551. The van der Waals surface area contributed by atoms with Gasteiger partial charge in [0.1, 0.15) is 11.6 Å². The molecule has 0 radical (unpaired) electrons. The van der Waals surface area contributed by atoms with Crippen LogP contribution in [0.5, 0.6) is 0 Å². The van der Waals surface area contributed by atoms with Crippen molar-refractivity contribution in [1.29, 1.82) is 0 Å². The Morgan fingerprint density at radius 2 is 1.76 bits per heavy atom. The van der Waals surface area contributed by atoms with Crippen LogP contribution in [-0.2, 0) is 0 Å². The standard InChI is InChI=1S/C18H21F2N/c1-2-3-5-10-17(14-8-6-4-7-9-14)21-18-13-15(19)11-12-16(18)20/h4,6-9,11-13,17,21H,2-3,5,10H2,1H3. The van der Waals surface area contributed by atoms with Crippen molar-refractivity contribution in [2.24, 2.45) is 0 Å². The summed E-state index contributed by atoms with van der Waals surface area (Å²) in [5, 5.41) is 3.15. The molecular formula is C18H21F2N. The van der Waals surface area contributed by atoms with E-state index in [9.17, 15) is 8.78 Å². The SMILES string of the molecule is CCCCCC(Nc1cc(F)ccc1F)c1ccccc1. The number of unbranched alkanes of at least 4 members (excludes halogenated alkanes) is 2. The van der Waals surface area contributed by atoms with E-state index < -0.39 is 11.6 Å². The van der Waals surface area contributed by atoms with E-state index >= 15 is 0 Å². The average molecular weight is 289 g/mol. The van der Waals surface area contributed by atoms with E-state index in [0.717, 1.165) is 43.4 Å². The Morgan fingerprint density at radius 3 is 2.48 bits per heavy atom. The first kappa shape index (κ1) is 15.5. The fourth-order valence-electron chi connectivity index (χ4n) is 2.40. The van der Waals surface area contributed by atoms with Gasteiger partial charge in [0.15, 0.2) is 0 Å². The van der Waals surface area contributed by atoms with Crippen LogP contribution in [0.2, 0.25) is 0 Å². The van der Waals surface area contributed by atoms with E-state index in [1.807, 2.05) is 30.3 Å². The Labute approximate surface area is 125 Å². The third kappa shape index (κ3) is 4.55. The summed E-state index contributed by atoms with van der Waals surface area (Å²) in [4.78, 5) is 0. The van der Waals surface area contributed by atoms with Crippen LogP contribution in [0.1, 0.15) is 44.2 Å². The van der Waals surface area contributed by atoms with Gasteiger partial charge in [0, 0.05) is 0 Å². The van der Waals surface area contributed by atoms with Crippen molar-refractivity contribution in [2.45, 2.75) is 38.6 Å². The topological polar surface area (TPSA) is 12.0 Å². The largest absolute Gasteiger partial charge is 0.376 e. The van der Waals surface area contributed by atoms with E-state index in [-0.39, 0.29) is 11.7 Å². The average Bonchev–Trinajstić information content (AvgIpc) is 2.51. The molecule has 0 aliphatic carbocycles. The summed E-state index contributed by atoms with van der Waals surface area (Å²) in [5.74, 6) is -0.855. The maximum absolute atomic E-state index is 13.8. The fraction of sp³-hybridized carbons (Fsp3) is 0.333. The molecule has 1 N–H and O–H groups in total. The van der Waals surface area contributed by atoms with Crippen molar-refractivity contribution in [2.75, 3.05) is 5.32 Å². The number of rotatable bonds is 7. The Kier molecular flexibility index (Phi) is 5.73. The van der Waals surface area contributed by atoms with Gasteiger partial charge in [-0.1, -0.05) is 56.5 Å². The predicted octanol–water partition coefficient (Wildman–Crippen LogP) is 5.70. The molecule has 0 aliphatic heterocycles. The van der Waals surface area contributed by atoms with Gasteiger partial charge in [-0.25, -0.2) is 8.78 Å². The number of hydrogen-bond acceptors (Lipinski definition) is 1. The Balaban J connectivity index is 2.17. The maximum Gasteiger partial charge on any atom is 0.146 e. The normalized spacial score (nSPS) is 12.1. The molecule has 0 aromatic heterocycles. The zero-order chi connectivity index (χ0) is 15.1. The van der Waals surface area contributed by atoms with Crippen LogP contribution in [0, 0.1) is 11.6 Å². The van der Waals surface area contributed by atoms with Crippen molar-refractivity contribution in [3.63, 3.8) is 0 Å². The van der Waals surface area contributed by atoms with Gasteiger partial charge in [0.25, 0.3) is 0 Å². The van der Waals surface area contributed by atoms with Crippen molar-refractivity contribution in [1.82, 2.24) is 0 Å². The summed E-state index contributed by atoms with van der Waals surface area (Å²) >= 11 is 0. The summed E-state index contributed by atoms with van der Waals surface area (Å²) in [6.45, 7) is 2.15. The van der Waals surface area contributed by atoms with Crippen LogP contribution >= 0.6 is 0 Å². The van der Waals surface area contributed by atoms with Crippen LogP contribution in [0.25, 0.3) is 0 Å². The fourth-order valence-corrected chi connectivity index (χ4v) is 2.40. The monoisotopic (exact) mass is 289 g/mol. The Bertz CT molecular complexity index is 554. The molecule has 1 atom stereocenters. The zero-order valence-corrected chi connectivity index (χ0v) is 12.3. The predicted molar refractivity (Wildman–Crippen MR) is 83.3 cm³/mol. The van der Waals surface area contributed by atoms with Gasteiger partial charge in [-0.2, -0.15) is 0 Å². The van der Waals surface area contributed by atoms with Crippen LogP contribution in [-0.4, -0.2) is 0 Å². The van der Waals surface area contributed by atoms with E-state index in [1.54, 1.807) is 0 Å². The van der Waals surface area contributed by atoms with E-state index in [4.69, 9.17) is 0 Å². The lowest BCUT2D eigenvalue weighted by atomic mass is 10.00. The van der Waals surface area contributed by atoms with Crippen LogP contribution in [0.3, 0.4) is 0 Å². The number of hydrogen-bond donors (Lipinski definition) is 1. The molecule has 0 amide bonds. The third-order valence-corrected chi connectivity index (χ3v) is 3.56. The number of halogens is 2. The van der Waals surface area contributed by atoms with Gasteiger partial charge in [-0.3, -0.25) is 0 Å². The van der Waals surface area contributed by atoms with Crippen molar-refractivity contribution >= 4 is 5.69 Å². The molecule has 0 saturated carbocycles. The van der Waals surface area contributed by atoms with Crippen molar-refractivity contribution in [3.8, 4) is 0 Å². The molecule has 0 spiro atoms. The number of anilines is 1. The molecule has 2 rings (SSSR count). The Hall–Kier alpha value is -1.90. The maximum atomic E-state index is 13.8. The molecule has 2 aromatic carbocycles. The first-order chi connectivity index (χ1) is 10.2. The molecule has 1 nitrogen and oxygen atoms in total. The second-order valence-electron chi connectivity index (χ2n) is 5.23. The number of benzene rings is 2. The van der Waals surface area contributed by atoms with Gasteiger partial charge in [-0.05, 0) is 30.2 Å². The highest BCUT2D eigenvalue weighted by Gasteiger charge is 2.13. The molecule has 0 aliphatic rings. The van der Waals surface area contributed by atoms with Gasteiger partial charge in [-0.15, -0.1) is 0 Å². The lowest BCUT2D eigenvalue weighted by molar-refractivity contribution is 0.583. The smallest absolute Gasteiger partial charge is 0.146 e. The van der Waals surface area contributed by atoms with Crippen molar-refractivity contribution < 1.29 is 8.78 Å². The van der Waals surface area contributed by atoms with E-state index in [0.29, 0.717) is 0 Å².